The van der Waals surface area contributed by atoms with Gasteiger partial charge in [0.25, 0.3) is 5.91 Å². The lowest BCUT2D eigenvalue weighted by Crippen LogP contribution is -2.31. The van der Waals surface area contributed by atoms with Crippen molar-refractivity contribution in [2.24, 2.45) is 0 Å². The average Bonchev–Trinajstić information content (AvgIpc) is 2.90. The maximum Gasteiger partial charge on any atom is 0.258 e. The molecule has 2 atom stereocenters. The van der Waals surface area contributed by atoms with Gasteiger partial charge in [0.2, 0.25) is 0 Å². The predicted molar refractivity (Wildman–Crippen MR) is 97.0 cm³/mol. The highest BCUT2D eigenvalue weighted by Crippen LogP contribution is 2.39. The number of benzene rings is 2. The highest BCUT2D eigenvalue weighted by Gasteiger charge is 2.32. The summed E-state index contributed by atoms with van der Waals surface area (Å²) in [7, 11) is 0. The van der Waals surface area contributed by atoms with Gasteiger partial charge in [-0.1, -0.05) is 31.2 Å². The van der Waals surface area contributed by atoms with Crippen LogP contribution in [0.3, 0.4) is 0 Å². The SMILES string of the molecule is Cc1ccccc1[C@H](C)NC(=O)COc1ccc(F)c2c1C(=O)C[C@H]2C. The molecule has 0 heterocycles. The van der Waals surface area contributed by atoms with Crippen molar-refractivity contribution in [2.45, 2.75) is 39.2 Å². The monoisotopic (exact) mass is 355 g/mol. The molecule has 1 aliphatic carbocycles. The molecule has 26 heavy (non-hydrogen) atoms. The molecule has 0 saturated carbocycles. The molecule has 0 saturated heterocycles. The zero-order chi connectivity index (χ0) is 18.8. The second-order valence-electron chi connectivity index (χ2n) is 6.80. The lowest BCUT2D eigenvalue weighted by atomic mass is 10.0. The van der Waals surface area contributed by atoms with Crippen molar-refractivity contribution in [1.82, 2.24) is 5.32 Å². The quantitative estimate of drug-likeness (QED) is 0.879. The van der Waals surface area contributed by atoms with E-state index in [9.17, 15) is 14.0 Å². The largest absolute Gasteiger partial charge is 0.483 e. The average molecular weight is 355 g/mol. The van der Waals surface area contributed by atoms with E-state index in [2.05, 4.69) is 5.32 Å². The van der Waals surface area contributed by atoms with E-state index in [0.717, 1.165) is 11.1 Å². The molecule has 1 aliphatic rings. The lowest BCUT2D eigenvalue weighted by Gasteiger charge is -2.17. The normalized spacial score (nSPS) is 16.9. The first-order chi connectivity index (χ1) is 12.4. The Hall–Kier alpha value is -2.69. The van der Waals surface area contributed by atoms with Crippen molar-refractivity contribution in [3.05, 3.63) is 64.5 Å². The highest BCUT2D eigenvalue weighted by atomic mass is 19.1. The van der Waals surface area contributed by atoms with Gasteiger partial charge < -0.3 is 10.1 Å². The second-order valence-corrected chi connectivity index (χ2v) is 6.80. The molecular formula is C21H22FNO3. The van der Waals surface area contributed by atoms with Crippen LogP contribution in [0.25, 0.3) is 0 Å². The van der Waals surface area contributed by atoms with Gasteiger partial charge in [-0.25, -0.2) is 4.39 Å². The summed E-state index contributed by atoms with van der Waals surface area (Å²) in [5, 5.41) is 2.88. The van der Waals surface area contributed by atoms with Crippen molar-refractivity contribution < 1.29 is 18.7 Å². The molecule has 136 valence electrons. The number of hydrogen-bond acceptors (Lipinski definition) is 3. The third kappa shape index (κ3) is 3.47. The number of aryl methyl sites for hydroxylation is 1. The molecule has 3 rings (SSSR count). The van der Waals surface area contributed by atoms with E-state index in [4.69, 9.17) is 4.74 Å². The van der Waals surface area contributed by atoms with Crippen LogP contribution in [0.15, 0.2) is 36.4 Å². The molecular weight excluding hydrogens is 333 g/mol. The Morgan fingerprint density at radius 2 is 2.04 bits per heavy atom. The fraction of sp³-hybridized carbons (Fsp3) is 0.333. The molecule has 0 radical (unpaired) electrons. The first kappa shape index (κ1) is 18.1. The number of hydrogen-bond donors (Lipinski definition) is 1. The molecule has 5 heteroatoms. The number of fused-ring (bicyclic) bond motifs is 1. The second kappa shape index (κ2) is 7.28. The molecule has 2 aromatic rings. The first-order valence-corrected chi connectivity index (χ1v) is 8.71. The van der Waals surface area contributed by atoms with Gasteiger partial charge in [-0.15, -0.1) is 0 Å². The Bertz CT molecular complexity index is 862. The number of rotatable bonds is 5. The van der Waals surface area contributed by atoms with E-state index in [1.165, 1.54) is 12.1 Å². The van der Waals surface area contributed by atoms with Gasteiger partial charge in [-0.3, -0.25) is 9.59 Å². The summed E-state index contributed by atoms with van der Waals surface area (Å²) in [4.78, 5) is 24.4. The third-order valence-corrected chi connectivity index (χ3v) is 4.81. The van der Waals surface area contributed by atoms with Crippen LogP contribution in [-0.2, 0) is 4.79 Å². The number of ether oxygens (including phenoxy) is 1. The molecule has 1 amide bonds. The Morgan fingerprint density at radius 1 is 1.31 bits per heavy atom. The molecule has 0 bridgehead atoms. The van der Waals surface area contributed by atoms with Crippen LogP contribution in [0.5, 0.6) is 5.75 Å². The minimum atomic E-state index is -0.400. The Kier molecular flexibility index (Phi) is 5.07. The molecule has 0 aliphatic heterocycles. The standard InChI is InChI=1S/C21H22FNO3/c1-12-6-4-5-7-15(12)14(3)23-19(25)11-26-18-9-8-16(22)20-13(2)10-17(24)21(18)20/h4-9,13-14H,10-11H2,1-3H3,(H,23,25)/t13-,14+/m1/s1. The number of nitrogens with one attached hydrogen (secondary N) is 1. The van der Waals surface area contributed by atoms with Gasteiger partial charge in [0.05, 0.1) is 11.6 Å². The summed E-state index contributed by atoms with van der Waals surface area (Å²) in [5.41, 5.74) is 2.79. The van der Waals surface area contributed by atoms with Crippen LogP contribution in [0.4, 0.5) is 4.39 Å². The van der Waals surface area contributed by atoms with Crippen molar-refractivity contribution in [1.29, 1.82) is 0 Å². The molecule has 4 nitrogen and oxygen atoms in total. The lowest BCUT2D eigenvalue weighted by molar-refractivity contribution is -0.123. The van der Waals surface area contributed by atoms with Crippen LogP contribution in [0.2, 0.25) is 0 Å². The van der Waals surface area contributed by atoms with Gasteiger partial charge >= 0.3 is 0 Å². The van der Waals surface area contributed by atoms with Gasteiger partial charge in [0, 0.05) is 12.0 Å². The minimum Gasteiger partial charge on any atom is -0.483 e. The van der Waals surface area contributed by atoms with Crippen molar-refractivity contribution in [2.75, 3.05) is 6.61 Å². The molecule has 0 spiro atoms. The van der Waals surface area contributed by atoms with Crippen molar-refractivity contribution in [3.63, 3.8) is 0 Å². The van der Waals surface area contributed by atoms with Crippen LogP contribution in [0, 0.1) is 12.7 Å². The Morgan fingerprint density at radius 3 is 2.77 bits per heavy atom. The zero-order valence-corrected chi connectivity index (χ0v) is 15.1. The molecule has 0 fully saturated rings. The van der Waals surface area contributed by atoms with Crippen LogP contribution < -0.4 is 10.1 Å². The number of amides is 1. The van der Waals surface area contributed by atoms with E-state index in [1.807, 2.05) is 45.0 Å². The fourth-order valence-corrected chi connectivity index (χ4v) is 3.52. The summed E-state index contributed by atoms with van der Waals surface area (Å²) in [6.45, 7) is 5.48. The van der Waals surface area contributed by atoms with Crippen LogP contribution >= 0.6 is 0 Å². The zero-order valence-electron chi connectivity index (χ0n) is 15.1. The summed E-state index contributed by atoms with van der Waals surface area (Å²) in [5.74, 6) is -0.735. The van der Waals surface area contributed by atoms with Crippen molar-refractivity contribution in [3.8, 4) is 5.75 Å². The number of carbonyl (C=O) groups excluding carboxylic acids is 2. The van der Waals surface area contributed by atoms with Gasteiger partial charge in [0.1, 0.15) is 11.6 Å². The predicted octanol–water partition coefficient (Wildman–Crippen LogP) is 4.08. The van der Waals surface area contributed by atoms with E-state index in [-0.39, 0.29) is 48.0 Å². The van der Waals surface area contributed by atoms with Crippen LogP contribution in [-0.4, -0.2) is 18.3 Å². The van der Waals surface area contributed by atoms with Crippen molar-refractivity contribution >= 4 is 11.7 Å². The first-order valence-electron chi connectivity index (χ1n) is 8.71. The summed E-state index contributed by atoms with van der Waals surface area (Å²) in [6.07, 6.45) is 0.267. The molecule has 2 aromatic carbocycles. The number of halogens is 1. The maximum absolute atomic E-state index is 14.0. The third-order valence-electron chi connectivity index (χ3n) is 4.81. The van der Waals surface area contributed by atoms with Gasteiger partial charge in [-0.2, -0.15) is 0 Å². The number of Topliss-reactive ketones (excluding diaryl/α,β-unsaturated/α-hetero) is 1. The molecule has 0 aromatic heterocycles. The van der Waals surface area contributed by atoms with Gasteiger partial charge in [-0.05, 0) is 43.0 Å². The molecule has 0 unspecified atom stereocenters. The summed E-state index contributed by atoms with van der Waals surface area (Å²) < 4.78 is 19.6. The Balaban J connectivity index is 1.68. The van der Waals surface area contributed by atoms with E-state index < -0.39 is 5.82 Å². The van der Waals surface area contributed by atoms with E-state index in [1.54, 1.807) is 0 Å². The topological polar surface area (TPSA) is 55.4 Å². The summed E-state index contributed by atoms with van der Waals surface area (Å²) >= 11 is 0. The number of carbonyl (C=O) groups is 2. The minimum absolute atomic E-state index is 0.143. The number of ketones is 1. The fourth-order valence-electron chi connectivity index (χ4n) is 3.52. The maximum atomic E-state index is 14.0. The summed E-state index contributed by atoms with van der Waals surface area (Å²) in [6, 6.07) is 10.4. The van der Waals surface area contributed by atoms with Gasteiger partial charge in [0.15, 0.2) is 12.4 Å². The Labute approximate surface area is 152 Å². The van der Waals surface area contributed by atoms with E-state index in [0.29, 0.717) is 5.56 Å². The molecule has 1 N–H and O–H groups in total. The smallest absolute Gasteiger partial charge is 0.258 e. The van der Waals surface area contributed by atoms with E-state index >= 15 is 0 Å². The van der Waals surface area contributed by atoms with Crippen LogP contribution in [0.1, 0.15) is 59.3 Å². The highest BCUT2D eigenvalue weighted by molar-refractivity contribution is 6.03.